The second kappa shape index (κ2) is 5.18. The number of hydrogen-bond acceptors (Lipinski definition) is 0. The molecule has 25 heavy (non-hydrogen) atoms. The van der Waals surface area contributed by atoms with Gasteiger partial charge in [-0.2, -0.15) is 4.40 Å². The molecule has 0 N–H and O–H groups in total. The maximum absolute atomic E-state index is 2.34. The van der Waals surface area contributed by atoms with Crippen LogP contribution in [0, 0.1) is 6.92 Å². The highest BCUT2D eigenvalue weighted by atomic mass is 15.1. The molecule has 2 heteroatoms. The molecule has 0 saturated carbocycles. The molecule has 5 aromatic rings. The van der Waals surface area contributed by atoms with E-state index >= 15 is 0 Å². The van der Waals surface area contributed by atoms with E-state index in [1.165, 1.54) is 44.1 Å². The second-order valence-electron chi connectivity index (χ2n) is 6.65. The molecule has 3 aromatic carbocycles. The number of para-hydroxylation sites is 1. The fourth-order valence-corrected chi connectivity index (χ4v) is 4.00. The third-order valence-electron chi connectivity index (χ3n) is 5.18. The van der Waals surface area contributed by atoms with Crippen molar-refractivity contribution in [2.24, 2.45) is 7.05 Å². The van der Waals surface area contributed by atoms with Crippen LogP contribution in [0.15, 0.2) is 79.0 Å². The van der Waals surface area contributed by atoms with Crippen LogP contribution in [0.25, 0.3) is 38.6 Å². The van der Waals surface area contributed by atoms with Crippen LogP contribution in [0.5, 0.6) is 0 Å². The van der Waals surface area contributed by atoms with Crippen LogP contribution in [0.2, 0.25) is 0 Å². The summed E-state index contributed by atoms with van der Waals surface area (Å²) in [5, 5.41) is 3.94. The lowest BCUT2D eigenvalue weighted by molar-refractivity contribution is -0.478. The van der Waals surface area contributed by atoms with Crippen LogP contribution in [0.4, 0.5) is 0 Å². The van der Waals surface area contributed by atoms with Gasteiger partial charge >= 0.3 is 0 Å². The molecule has 0 radical (unpaired) electrons. The number of benzene rings is 3. The highest BCUT2D eigenvalue weighted by Gasteiger charge is 2.22. The average molecular weight is 323 g/mol. The highest BCUT2D eigenvalue weighted by Crippen LogP contribution is 2.31. The van der Waals surface area contributed by atoms with E-state index in [1.807, 2.05) is 0 Å². The molecule has 0 amide bonds. The van der Waals surface area contributed by atoms with Gasteiger partial charge in [0.2, 0.25) is 0 Å². The Bertz CT molecular complexity index is 1250. The number of nitrogens with zero attached hydrogens (tertiary/aromatic N) is 2. The van der Waals surface area contributed by atoms with E-state index in [0.717, 1.165) is 0 Å². The first kappa shape index (κ1) is 14.2. The molecule has 0 bridgehead atoms. The zero-order chi connectivity index (χ0) is 17.0. The summed E-state index contributed by atoms with van der Waals surface area (Å²) in [6.07, 6.45) is 2.26. The molecule has 2 aromatic heterocycles. The molecule has 0 saturated heterocycles. The van der Waals surface area contributed by atoms with Crippen LogP contribution in [-0.4, -0.2) is 4.57 Å². The fraction of sp³-hybridized carbons (Fsp3) is 0.0870. The molecule has 0 aliphatic carbocycles. The van der Waals surface area contributed by atoms with Crippen molar-refractivity contribution in [3.63, 3.8) is 0 Å². The fourth-order valence-electron chi connectivity index (χ4n) is 4.00. The molecule has 5 rings (SSSR count). The van der Waals surface area contributed by atoms with Crippen molar-refractivity contribution in [2.75, 3.05) is 0 Å². The summed E-state index contributed by atoms with van der Waals surface area (Å²) in [4.78, 5) is 0. The Balaban J connectivity index is 2.07. The quantitative estimate of drug-likeness (QED) is 0.302. The molecule has 0 unspecified atom stereocenters. The largest absolute Gasteiger partial charge is 0.295 e. The summed E-state index contributed by atoms with van der Waals surface area (Å²) in [6.45, 7) is 2.20. The topological polar surface area (TPSA) is 9.03 Å². The van der Waals surface area contributed by atoms with Gasteiger partial charge in [0.1, 0.15) is 11.7 Å². The standard InChI is InChI=1S/C23H19N2/c1-16-9-8-13-19-18-12-6-7-14-20(18)25-15-21(17-10-4-3-5-11-17)24(2)23(25)22(16)19/h3-15H,1-2H3/q+1. The highest BCUT2D eigenvalue weighted by molar-refractivity contribution is 6.10. The van der Waals surface area contributed by atoms with Gasteiger partial charge in [0, 0.05) is 16.3 Å². The summed E-state index contributed by atoms with van der Waals surface area (Å²) in [5.41, 5.74) is 6.25. The summed E-state index contributed by atoms with van der Waals surface area (Å²) in [7, 11) is 2.16. The number of imidazole rings is 1. The van der Waals surface area contributed by atoms with E-state index < -0.39 is 0 Å². The van der Waals surface area contributed by atoms with Gasteiger partial charge < -0.3 is 0 Å². The van der Waals surface area contributed by atoms with Crippen molar-refractivity contribution in [3.05, 3.63) is 84.6 Å². The maximum Gasteiger partial charge on any atom is 0.295 e. The van der Waals surface area contributed by atoms with E-state index in [1.54, 1.807) is 0 Å². The van der Waals surface area contributed by atoms with Crippen LogP contribution in [0.1, 0.15) is 5.56 Å². The van der Waals surface area contributed by atoms with E-state index in [4.69, 9.17) is 0 Å². The van der Waals surface area contributed by atoms with Crippen molar-refractivity contribution in [1.29, 1.82) is 0 Å². The first-order valence-corrected chi connectivity index (χ1v) is 8.62. The molecular formula is C23H19N2+. The summed E-state index contributed by atoms with van der Waals surface area (Å²) >= 11 is 0. The van der Waals surface area contributed by atoms with E-state index in [9.17, 15) is 0 Å². The summed E-state index contributed by atoms with van der Waals surface area (Å²) < 4.78 is 4.66. The van der Waals surface area contributed by atoms with E-state index in [0.29, 0.717) is 0 Å². The van der Waals surface area contributed by atoms with Gasteiger partial charge in [-0.15, -0.1) is 0 Å². The lowest BCUT2D eigenvalue weighted by atomic mass is 10.0. The molecule has 0 fully saturated rings. The predicted octanol–water partition coefficient (Wildman–Crippen LogP) is 5.05. The summed E-state index contributed by atoms with van der Waals surface area (Å²) in [6, 6.07) is 25.9. The van der Waals surface area contributed by atoms with Crippen LogP contribution in [0.3, 0.4) is 0 Å². The van der Waals surface area contributed by atoms with E-state index in [-0.39, 0.29) is 0 Å². The Morgan fingerprint density at radius 1 is 0.760 bits per heavy atom. The Labute approximate surface area is 146 Å². The van der Waals surface area contributed by atoms with Gasteiger partial charge in [-0.05, 0) is 18.6 Å². The van der Waals surface area contributed by atoms with Crippen LogP contribution < -0.4 is 4.40 Å². The monoisotopic (exact) mass is 323 g/mol. The number of aromatic nitrogens is 2. The molecule has 120 valence electrons. The molecule has 0 spiro atoms. The van der Waals surface area contributed by atoms with Gasteiger partial charge in [0.05, 0.1) is 12.4 Å². The molecule has 0 atom stereocenters. The first-order chi connectivity index (χ1) is 12.3. The molecule has 2 heterocycles. The normalized spacial score (nSPS) is 11.6. The van der Waals surface area contributed by atoms with E-state index in [2.05, 4.69) is 102 Å². The average Bonchev–Trinajstić information content (AvgIpc) is 3.00. The van der Waals surface area contributed by atoms with Gasteiger partial charge in [-0.25, -0.2) is 4.57 Å². The number of fused-ring (bicyclic) bond motifs is 6. The van der Waals surface area contributed by atoms with Crippen molar-refractivity contribution in [1.82, 2.24) is 4.57 Å². The molecular weight excluding hydrogens is 304 g/mol. The number of hydrogen-bond donors (Lipinski definition) is 0. The number of rotatable bonds is 1. The zero-order valence-electron chi connectivity index (χ0n) is 14.4. The third kappa shape index (κ3) is 1.94. The molecule has 2 nitrogen and oxygen atoms in total. The smallest absolute Gasteiger partial charge is 0.225 e. The van der Waals surface area contributed by atoms with Gasteiger partial charge in [-0.3, -0.25) is 0 Å². The summed E-state index contributed by atoms with van der Waals surface area (Å²) in [5.74, 6) is 0. The Hall–Kier alpha value is -3.13. The number of pyridine rings is 1. The van der Waals surface area contributed by atoms with Crippen molar-refractivity contribution in [3.8, 4) is 11.3 Å². The third-order valence-corrected chi connectivity index (χ3v) is 5.18. The molecule has 0 aliphatic heterocycles. The van der Waals surface area contributed by atoms with Crippen molar-refractivity contribution >= 4 is 27.3 Å². The Morgan fingerprint density at radius 2 is 1.48 bits per heavy atom. The first-order valence-electron chi connectivity index (χ1n) is 8.62. The number of aryl methyl sites for hydroxylation is 2. The van der Waals surface area contributed by atoms with Crippen LogP contribution >= 0.6 is 0 Å². The minimum absolute atomic E-state index is 1.22. The van der Waals surface area contributed by atoms with Crippen LogP contribution in [-0.2, 0) is 7.05 Å². The van der Waals surface area contributed by atoms with Crippen molar-refractivity contribution < 1.29 is 4.40 Å². The minimum Gasteiger partial charge on any atom is -0.225 e. The zero-order valence-corrected chi connectivity index (χ0v) is 14.4. The van der Waals surface area contributed by atoms with Gasteiger partial charge in [0.15, 0.2) is 5.69 Å². The second-order valence-corrected chi connectivity index (χ2v) is 6.65. The lowest BCUT2D eigenvalue weighted by Crippen LogP contribution is -2.21. The van der Waals surface area contributed by atoms with Gasteiger partial charge in [0.25, 0.3) is 5.65 Å². The SMILES string of the molecule is Cc1cccc2c3ccccc3[n+]3cc(-c4ccccc4)n(C)c3c12. The molecule has 0 aliphatic rings. The lowest BCUT2D eigenvalue weighted by Gasteiger charge is -2.06. The Morgan fingerprint density at radius 3 is 2.32 bits per heavy atom. The van der Waals surface area contributed by atoms with Crippen molar-refractivity contribution in [2.45, 2.75) is 6.92 Å². The predicted molar refractivity (Wildman–Crippen MR) is 104 cm³/mol. The Kier molecular flexibility index (Phi) is 2.95. The minimum atomic E-state index is 1.22. The maximum atomic E-state index is 2.34. The van der Waals surface area contributed by atoms with Gasteiger partial charge in [-0.1, -0.05) is 66.7 Å².